The fraction of sp³-hybridized carbons (Fsp3) is 0.974. The molecule has 8 rings (SSSR count). The Morgan fingerprint density at radius 3 is 2.48 bits per heavy atom. The molecule has 7 heteroatoms. The van der Waals surface area contributed by atoms with Gasteiger partial charge < -0.3 is 23.7 Å². The zero-order valence-corrected chi connectivity index (χ0v) is 30.0. The Bertz CT molecular complexity index is 1190. The molecule has 5 aliphatic carbocycles. The SMILES string of the molecule is CC(C)CC(=O)OCC1C[C@@H](C)C2C(C[C@@]3(C)C4CCC5C(C)(C)[C@@H](OC6CN(C7COC7)CCO6)CC[C@@]56CC46CCC23C)O1. The molecule has 260 valence electrons. The number of esters is 1. The van der Waals surface area contributed by atoms with E-state index in [0.29, 0.717) is 58.5 Å². The van der Waals surface area contributed by atoms with E-state index in [-0.39, 0.29) is 36.0 Å². The lowest BCUT2D eigenvalue weighted by atomic mass is 9.41. The van der Waals surface area contributed by atoms with Gasteiger partial charge in [0.25, 0.3) is 0 Å². The Morgan fingerprint density at radius 1 is 0.978 bits per heavy atom. The maximum atomic E-state index is 12.3. The topological polar surface area (TPSA) is 66.5 Å². The van der Waals surface area contributed by atoms with Crippen molar-refractivity contribution < 1.29 is 28.5 Å². The van der Waals surface area contributed by atoms with Crippen LogP contribution >= 0.6 is 0 Å². The van der Waals surface area contributed by atoms with Gasteiger partial charge in [0.1, 0.15) is 6.61 Å². The van der Waals surface area contributed by atoms with E-state index in [2.05, 4.69) is 53.4 Å². The van der Waals surface area contributed by atoms with E-state index in [4.69, 9.17) is 23.7 Å². The molecular formula is C39H63NO6. The van der Waals surface area contributed by atoms with Crippen LogP contribution in [0.1, 0.15) is 113 Å². The van der Waals surface area contributed by atoms with Crippen LogP contribution in [0.5, 0.6) is 0 Å². The second-order valence-electron chi connectivity index (χ2n) is 19.0. The fourth-order valence-electron chi connectivity index (χ4n) is 14.0. The van der Waals surface area contributed by atoms with Crippen molar-refractivity contribution in [3.8, 4) is 0 Å². The van der Waals surface area contributed by atoms with Crippen molar-refractivity contribution in [2.24, 2.45) is 56.7 Å². The van der Waals surface area contributed by atoms with Gasteiger partial charge in [-0.05, 0) is 114 Å². The molecule has 3 saturated heterocycles. The third-order valence-electron chi connectivity index (χ3n) is 16.2. The molecule has 8 fully saturated rings. The van der Waals surface area contributed by atoms with Gasteiger partial charge in [0, 0.05) is 13.0 Å². The van der Waals surface area contributed by atoms with E-state index in [9.17, 15) is 4.79 Å². The standard InChI is InChI=1S/C39H63NO6/c1-24(2)16-32(41)44-22-27-17-25(3)34-28(45-27)18-37(7)30-9-8-29-35(4,5)31(46-33-19-40(14-15-43-33)26-20-42-21-26)10-11-38(29)23-39(30,38)13-12-36(34,37)6/h24-31,33-34H,8-23H2,1-7H3/t25-,27?,28?,29?,30?,31+,33?,34?,36?,37+,38-,39?/m1/s1. The first-order valence-electron chi connectivity index (χ1n) is 19.2. The third kappa shape index (κ3) is 4.63. The monoisotopic (exact) mass is 641 g/mol. The van der Waals surface area contributed by atoms with Crippen LogP contribution in [0, 0.1) is 56.7 Å². The number of carbonyl (C=O) groups excluding carboxylic acids is 1. The van der Waals surface area contributed by atoms with Crippen LogP contribution in [0.4, 0.5) is 0 Å². The van der Waals surface area contributed by atoms with Crippen molar-refractivity contribution in [3.63, 3.8) is 0 Å². The van der Waals surface area contributed by atoms with E-state index in [1.165, 1.54) is 51.4 Å². The van der Waals surface area contributed by atoms with Crippen LogP contribution in [0.3, 0.4) is 0 Å². The van der Waals surface area contributed by atoms with Crippen molar-refractivity contribution in [1.82, 2.24) is 4.90 Å². The zero-order chi connectivity index (χ0) is 32.3. The molecule has 0 aromatic heterocycles. The first kappa shape index (κ1) is 32.5. The van der Waals surface area contributed by atoms with E-state index in [1.807, 2.05) is 0 Å². The summed E-state index contributed by atoms with van der Waals surface area (Å²) in [5.41, 5.74) is 1.75. The lowest BCUT2D eigenvalue weighted by Gasteiger charge is -2.63. The molecule has 8 aliphatic rings. The van der Waals surface area contributed by atoms with E-state index >= 15 is 0 Å². The highest BCUT2D eigenvalue weighted by molar-refractivity contribution is 5.69. The highest BCUT2D eigenvalue weighted by Crippen LogP contribution is 2.89. The van der Waals surface area contributed by atoms with Gasteiger partial charge in [-0.25, -0.2) is 0 Å². The van der Waals surface area contributed by atoms with Gasteiger partial charge >= 0.3 is 5.97 Å². The summed E-state index contributed by atoms with van der Waals surface area (Å²) < 4.78 is 31.3. The average molecular weight is 642 g/mol. The minimum Gasteiger partial charge on any atom is -0.463 e. The summed E-state index contributed by atoms with van der Waals surface area (Å²) in [6.07, 6.45) is 12.5. The van der Waals surface area contributed by atoms with Gasteiger partial charge in [-0.1, -0.05) is 48.5 Å². The minimum atomic E-state index is -0.113. The highest BCUT2D eigenvalue weighted by Gasteiger charge is 2.83. The summed E-state index contributed by atoms with van der Waals surface area (Å²) in [6, 6.07) is 0.545. The van der Waals surface area contributed by atoms with Crippen LogP contribution in [0.15, 0.2) is 0 Å². The first-order chi connectivity index (χ1) is 21.8. The third-order valence-corrected chi connectivity index (χ3v) is 16.2. The lowest BCUT2D eigenvalue weighted by molar-refractivity contribution is -0.255. The van der Waals surface area contributed by atoms with Gasteiger partial charge in [-0.15, -0.1) is 0 Å². The quantitative estimate of drug-likeness (QED) is 0.282. The smallest absolute Gasteiger partial charge is 0.306 e. The molecule has 8 unspecified atom stereocenters. The van der Waals surface area contributed by atoms with Crippen molar-refractivity contribution in [1.29, 1.82) is 0 Å². The fourth-order valence-corrected chi connectivity index (χ4v) is 14.0. The summed E-state index contributed by atoms with van der Waals surface area (Å²) in [7, 11) is 0. The maximum Gasteiger partial charge on any atom is 0.306 e. The van der Waals surface area contributed by atoms with Gasteiger partial charge in [-0.3, -0.25) is 9.69 Å². The van der Waals surface area contributed by atoms with Crippen molar-refractivity contribution >= 4 is 5.97 Å². The number of ether oxygens (including phenoxy) is 5. The molecule has 3 aliphatic heterocycles. The minimum absolute atomic E-state index is 0.0371. The molecule has 0 bridgehead atoms. The largest absolute Gasteiger partial charge is 0.463 e. The summed E-state index contributed by atoms with van der Waals surface area (Å²) in [6.45, 7) is 21.8. The molecule has 12 atom stereocenters. The van der Waals surface area contributed by atoms with Crippen LogP contribution in [0.25, 0.3) is 0 Å². The van der Waals surface area contributed by atoms with E-state index in [1.54, 1.807) is 0 Å². The number of hydrogen-bond donors (Lipinski definition) is 0. The number of rotatable bonds is 7. The Labute approximate surface area is 278 Å². The van der Waals surface area contributed by atoms with Gasteiger partial charge in [0.2, 0.25) is 0 Å². The first-order valence-corrected chi connectivity index (χ1v) is 19.2. The Kier molecular flexibility index (Phi) is 7.86. The van der Waals surface area contributed by atoms with Crippen molar-refractivity contribution in [2.75, 3.05) is 39.5 Å². The predicted molar refractivity (Wildman–Crippen MR) is 176 cm³/mol. The second-order valence-corrected chi connectivity index (χ2v) is 19.0. The van der Waals surface area contributed by atoms with Crippen molar-refractivity contribution in [2.45, 2.75) is 143 Å². The molecule has 3 heterocycles. The molecule has 0 aromatic carbocycles. The van der Waals surface area contributed by atoms with Gasteiger partial charge in [0.05, 0.1) is 50.7 Å². The molecule has 5 saturated carbocycles. The molecular weight excluding hydrogens is 578 g/mol. The number of nitrogens with zero attached hydrogens (tertiary/aromatic N) is 1. The highest BCUT2D eigenvalue weighted by atomic mass is 16.7. The Hall–Kier alpha value is -0.730. The Balaban J connectivity index is 0.965. The van der Waals surface area contributed by atoms with Gasteiger partial charge in [0.15, 0.2) is 6.29 Å². The number of hydrogen-bond acceptors (Lipinski definition) is 7. The van der Waals surface area contributed by atoms with Gasteiger partial charge in [-0.2, -0.15) is 0 Å². The second kappa shape index (κ2) is 11.1. The molecule has 0 amide bonds. The predicted octanol–water partition coefficient (Wildman–Crippen LogP) is 6.86. The van der Waals surface area contributed by atoms with E-state index in [0.717, 1.165) is 51.2 Å². The molecule has 0 N–H and O–H groups in total. The van der Waals surface area contributed by atoms with Crippen LogP contribution in [0.2, 0.25) is 0 Å². The molecule has 46 heavy (non-hydrogen) atoms. The average Bonchev–Trinajstić information content (AvgIpc) is 3.55. The van der Waals surface area contributed by atoms with Crippen molar-refractivity contribution in [3.05, 3.63) is 0 Å². The number of carbonyl (C=O) groups is 1. The maximum absolute atomic E-state index is 12.3. The lowest BCUT2D eigenvalue weighted by Crippen LogP contribution is -2.59. The number of fused-ring (bicyclic) bond motifs is 4. The number of morpholine rings is 1. The summed E-state index contributed by atoms with van der Waals surface area (Å²) in [5.74, 6) is 2.96. The molecule has 7 nitrogen and oxygen atoms in total. The van der Waals surface area contributed by atoms with E-state index < -0.39 is 0 Å². The molecule has 2 spiro atoms. The molecule has 0 radical (unpaired) electrons. The summed E-state index contributed by atoms with van der Waals surface area (Å²) >= 11 is 0. The summed E-state index contributed by atoms with van der Waals surface area (Å²) in [5, 5.41) is 0. The Morgan fingerprint density at radius 2 is 1.74 bits per heavy atom. The zero-order valence-electron chi connectivity index (χ0n) is 30.0. The van der Waals surface area contributed by atoms with Crippen LogP contribution in [-0.2, 0) is 28.5 Å². The normalized spacial score (nSPS) is 51.2. The summed E-state index contributed by atoms with van der Waals surface area (Å²) in [4.78, 5) is 14.9. The molecule has 0 aromatic rings. The van der Waals surface area contributed by atoms with Crippen LogP contribution in [-0.4, -0.2) is 81.0 Å². The van der Waals surface area contributed by atoms with Crippen LogP contribution < -0.4 is 0 Å².